The van der Waals surface area contributed by atoms with Gasteiger partial charge in [0.1, 0.15) is 0 Å². The number of hydrogen-bond acceptors (Lipinski definition) is 3. The molecule has 0 radical (unpaired) electrons. The first-order valence-corrected chi connectivity index (χ1v) is 9.52. The number of aryl methyl sites for hydroxylation is 1. The molecule has 4 rings (SSSR count). The van der Waals surface area contributed by atoms with Crippen molar-refractivity contribution in [2.45, 2.75) is 31.7 Å². The van der Waals surface area contributed by atoms with E-state index in [1.165, 1.54) is 5.56 Å². The number of benzene rings is 2. The van der Waals surface area contributed by atoms with Crippen molar-refractivity contribution < 1.29 is 9.59 Å². The maximum absolute atomic E-state index is 13.1. The first-order chi connectivity index (χ1) is 13.0. The number of anilines is 1. The van der Waals surface area contributed by atoms with Crippen molar-refractivity contribution in [3.63, 3.8) is 0 Å². The zero-order valence-electron chi connectivity index (χ0n) is 15.6. The Kier molecular flexibility index (Phi) is 4.70. The summed E-state index contributed by atoms with van der Waals surface area (Å²) in [5.41, 5.74) is 3.83. The van der Waals surface area contributed by atoms with Crippen LogP contribution in [-0.2, 0) is 28.0 Å². The Morgan fingerprint density at radius 2 is 2.07 bits per heavy atom. The monoisotopic (exact) mass is 363 g/mol. The van der Waals surface area contributed by atoms with Crippen LogP contribution in [0, 0.1) is 0 Å². The van der Waals surface area contributed by atoms with E-state index < -0.39 is 5.41 Å². The summed E-state index contributed by atoms with van der Waals surface area (Å²) in [6.07, 6.45) is 1.78. The standard InChI is InChI=1S/C22H25N3O2/c1-22(10-9-17-6-2-3-8-19(17)22)21(27)24-18-7-4-5-16(13-18)14-25-12-11-23-20(26)15-25/h2-8,13H,9-12,14-15H2,1H3,(H,23,26)(H,24,27). The second-order valence-electron chi connectivity index (χ2n) is 7.70. The smallest absolute Gasteiger partial charge is 0.234 e. The van der Waals surface area contributed by atoms with Crippen LogP contribution in [0.1, 0.15) is 30.0 Å². The highest BCUT2D eigenvalue weighted by molar-refractivity contribution is 5.99. The Bertz CT molecular complexity index is 879. The summed E-state index contributed by atoms with van der Waals surface area (Å²) in [5, 5.41) is 5.96. The van der Waals surface area contributed by atoms with E-state index in [1.54, 1.807) is 0 Å². The minimum Gasteiger partial charge on any atom is -0.354 e. The average Bonchev–Trinajstić information content (AvgIpc) is 3.01. The molecule has 2 aromatic rings. The number of fused-ring (bicyclic) bond motifs is 1. The summed E-state index contributed by atoms with van der Waals surface area (Å²) in [7, 11) is 0. The predicted molar refractivity (Wildman–Crippen MR) is 105 cm³/mol. The van der Waals surface area contributed by atoms with Crippen molar-refractivity contribution in [1.29, 1.82) is 0 Å². The van der Waals surface area contributed by atoms with Crippen LogP contribution in [0.4, 0.5) is 5.69 Å². The third-order valence-electron chi connectivity index (χ3n) is 5.72. The Morgan fingerprint density at radius 1 is 1.22 bits per heavy atom. The topological polar surface area (TPSA) is 61.4 Å². The molecule has 2 aliphatic rings. The van der Waals surface area contributed by atoms with Crippen molar-refractivity contribution in [1.82, 2.24) is 10.2 Å². The predicted octanol–water partition coefficient (Wildman–Crippen LogP) is 2.46. The van der Waals surface area contributed by atoms with E-state index in [0.29, 0.717) is 19.6 Å². The summed E-state index contributed by atoms with van der Waals surface area (Å²) in [4.78, 5) is 26.7. The van der Waals surface area contributed by atoms with Gasteiger partial charge in [0.2, 0.25) is 11.8 Å². The van der Waals surface area contributed by atoms with Gasteiger partial charge in [0.25, 0.3) is 0 Å². The number of amides is 2. The molecule has 1 saturated heterocycles. The number of carbonyl (C=O) groups is 2. The molecule has 2 amide bonds. The molecule has 1 fully saturated rings. The number of nitrogens with one attached hydrogen (secondary N) is 2. The number of piperazine rings is 1. The molecule has 5 heteroatoms. The average molecular weight is 363 g/mol. The Morgan fingerprint density at radius 3 is 2.93 bits per heavy atom. The van der Waals surface area contributed by atoms with Crippen LogP contribution in [0.3, 0.4) is 0 Å². The summed E-state index contributed by atoms with van der Waals surface area (Å²) in [6, 6.07) is 16.2. The molecule has 1 unspecified atom stereocenters. The minimum absolute atomic E-state index is 0.0435. The molecule has 2 aromatic carbocycles. The lowest BCUT2D eigenvalue weighted by molar-refractivity contribution is -0.124. The van der Waals surface area contributed by atoms with Gasteiger partial charge in [0.05, 0.1) is 12.0 Å². The van der Waals surface area contributed by atoms with Crippen molar-refractivity contribution in [2.75, 3.05) is 25.0 Å². The third kappa shape index (κ3) is 3.60. The molecule has 0 saturated carbocycles. The lowest BCUT2D eigenvalue weighted by Gasteiger charge is -2.27. The van der Waals surface area contributed by atoms with Gasteiger partial charge in [0.15, 0.2) is 0 Å². The van der Waals surface area contributed by atoms with Crippen LogP contribution in [-0.4, -0.2) is 36.3 Å². The highest BCUT2D eigenvalue weighted by Crippen LogP contribution is 2.39. The number of hydrogen-bond donors (Lipinski definition) is 2. The van der Waals surface area contributed by atoms with Gasteiger partial charge in [-0.1, -0.05) is 36.4 Å². The van der Waals surface area contributed by atoms with Gasteiger partial charge in [-0.05, 0) is 48.6 Å². The van der Waals surface area contributed by atoms with Gasteiger partial charge in [-0.3, -0.25) is 14.5 Å². The van der Waals surface area contributed by atoms with E-state index in [1.807, 2.05) is 43.3 Å². The summed E-state index contributed by atoms with van der Waals surface area (Å²) in [5.74, 6) is 0.112. The van der Waals surface area contributed by atoms with E-state index in [4.69, 9.17) is 0 Å². The van der Waals surface area contributed by atoms with E-state index >= 15 is 0 Å². The van der Waals surface area contributed by atoms with Gasteiger partial charge >= 0.3 is 0 Å². The van der Waals surface area contributed by atoms with E-state index in [9.17, 15) is 9.59 Å². The number of rotatable bonds is 4. The lowest BCUT2D eigenvalue weighted by Crippen LogP contribution is -2.47. The number of carbonyl (C=O) groups excluding carboxylic acids is 2. The van der Waals surface area contributed by atoms with Crippen molar-refractivity contribution >= 4 is 17.5 Å². The maximum atomic E-state index is 13.1. The fourth-order valence-electron chi connectivity index (χ4n) is 4.13. The van der Waals surface area contributed by atoms with E-state index in [-0.39, 0.29) is 11.8 Å². The van der Waals surface area contributed by atoms with Crippen LogP contribution >= 0.6 is 0 Å². The first kappa shape index (κ1) is 17.7. The summed E-state index contributed by atoms with van der Waals surface area (Å²) >= 11 is 0. The summed E-state index contributed by atoms with van der Waals surface area (Å²) in [6.45, 7) is 4.69. The van der Waals surface area contributed by atoms with Crippen LogP contribution in [0.25, 0.3) is 0 Å². The van der Waals surface area contributed by atoms with Crippen LogP contribution in [0.2, 0.25) is 0 Å². The van der Waals surface area contributed by atoms with Gasteiger partial charge in [0, 0.05) is 25.3 Å². The minimum atomic E-state index is -0.489. The highest BCUT2D eigenvalue weighted by Gasteiger charge is 2.40. The quantitative estimate of drug-likeness (QED) is 0.877. The Labute approximate surface area is 159 Å². The zero-order valence-corrected chi connectivity index (χ0v) is 15.6. The molecule has 27 heavy (non-hydrogen) atoms. The molecule has 0 spiro atoms. The van der Waals surface area contributed by atoms with Crippen molar-refractivity contribution in [3.8, 4) is 0 Å². The Hall–Kier alpha value is -2.66. The lowest BCUT2D eigenvalue weighted by atomic mass is 9.83. The van der Waals surface area contributed by atoms with Gasteiger partial charge in [-0.2, -0.15) is 0 Å². The van der Waals surface area contributed by atoms with Crippen LogP contribution < -0.4 is 10.6 Å². The molecular weight excluding hydrogens is 338 g/mol. The van der Waals surface area contributed by atoms with Gasteiger partial charge in [-0.15, -0.1) is 0 Å². The number of nitrogens with zero attached hydrogens (tertiary/aromatic N) is 1. The fourth-order valence-corrected chi connectivity index (χ4v) is 4.13. The van der Waals surface area contributed by atoms with Crippen LogP contribution in [0.15, 0.2) is 48.5 Å². The molecule has 5 nitrogen and oxygen atoms in total. The molecule has 1 atom stereocenters. The molecule has 0 aromatic heterocycles. The largest absolute Gasteiger partial charge is 0.354 e. The van der Waals surface area contributed by atoms with Crippen molar-refractivity contribution in [3.05, 3.63) is 65.2 Å². The van der Waals surface area contributed by atoms with Crippen molar-refractivity contribution in [2.24, 2.45) is 0 Å². The zero-order chi connectivity index (χ0) is 18.9. The molecule has 1 aliphatic heterocycles. The van der Waals surface area contributed by atoms with Gasteiger partial charge < -0.3 is 10.6 Å². The maximum Gasteiger partial charge on any atom is 0.234 e. The molecular formula is C22H25N3O2. The molecule has 0 bridgehead atoms. The fraction of sp³-hybridized carbons (Fsp3) is 0.364. The molecule has 2 N–H and O–H groups in total. The first-order valence-electron chi connectivity index (χ1n) is 9.52. The third-order valence-corrected chi connectivity index (χ3v) is 5.72. The SMILES string of the molecule is CC1(C(=O)Nc2cccc(CN3CCNC(=O)C3)c2)CCc2ccccc21. The van der Waals surface area contributed by atoms with E-state index in [0.717, 1.165) is 36.2 Å². The molecule has 140 valence electrons. The van der Waals surface area contributed by atoms with Gasteiger partial charge in [-0.25, -0.2) is 0 Å². The Balaban J connectivity index is 1.47. The summed E-state index contributed by atoms with van der Waals surface area (Å²) < 4.78 is 0. The van der Waals surface area contributed by atoms with E-state index in [2.05, 4.69) is 27.7 Å². The highest BCUT2D eigenvalue weighted by atomic mass is 16.2. The molecule has 1 aliphatic carbocycles. The normalized spacial score (nSPS) is 22.2. The second kappa shape index (κ2) is 7.16. The second-order valence-corrected chi connectivity index (χ2v) is 7.70. The molecule has 1 heterocycles. The van der Waals surface area contributed by atoms with Crippen LogP contribution in [0.5, 0.6) is 0 Å².